The number of aromatic nitrogens is 3. The van der Waals surface area contributed by atoms with Crippen molar-refractivity contribution >= 4 is 16.9 Å². The molecule has 1 amide bonds. The zero-order valence-electron chi connectivity index (χ0n) is 19.3. The molecule has 3 aromatic carbocycles. The van der Waals surface area contributed by atoms with E-state index in [1.54, 1.807) is 25.3 Å². The van der Waals surface area contributed by atoms with E-state index in [9.17, 15) is 9.18 Å². The Morgan fingerprint density at radius 1 is 1.00 bits per heavy atom. The molecule has 0 spiro atoms. The highest BCUT2D eigenvalue weighted by atomic mass is 19.1. The minimum atomic E-state index is -0.341. The minimum absolute atomic E-state index is 0.276. The van der Waals surface area contributed by atoms with Gasteiger partial charge in [-0.2, -0.15) is 5.10 Å². The van der Waals surface area contributed by atoms with Crippen LogP contribution < -0.4 is 10.1 Å². The van der Waals surface area contributed by atoms with Crippen LogP contribution in [-0.4, -0.2) is 28.2 Å². The van der Waals surface area contributed by atoms with Gasteiger partial charge in [0.05, 0.1) is 29.4 Å². The first-order valence-electron chi connectivity index (χ1n) is 11.2. The van der Waals surface area contributed by atoms with Crippen molar-refractivity contribution in [2.75, 3.05) is 7.11 Å². The lowest BCUT2D eigenvalue weighted by Gasteiger charge is -2.12. The van der Waals surface area contributed by atoms with Gasteiger partial charge in [-0.15, -0.1) is 0 Å². The number of benzene rings is 3. The summed E-state index contributed by atoms with van der Waals surface area (Å²) < 4.78 is 18.9. The zero-order chi connectivity index (χ0) is 24.4. The number of ether oxygens (including phenoxy) is 1. The van der Waals surface area contributed by atoms with E-state index in [2.05, 4.69) is 15.5 Å². The molecule has 6 nitrogen and oxygen atoms in total. The molecule has 0 saturated heterocycles. The van der Waals surface area contributed by atoms with Gasteiger partial charge in [0.2, 0.25) is 0 Å². The van der Waals surface area contributed by atoms with Gasteiger partial charge in [0.1, 0.15) is 11.6 Å². The van der Waals surface area contributed by atoms with Crippen LogP contribution >= 0.6 is 0 Å². The standard InChI is InChI=1S/C28H23FN4O2/c1-17-7-9-18(10-8-17)23-15-22(28(34)30-16-20-5-3-4-6-24(20)35-2)25-26(32-33-27(25)31-23)19-11-13-21(29)14-12-19/h3-15H,16H2,1-2H3,(H,30,34)(H,31,32,33). The zero-order valence-corrected chi connectivity index (χ0v) is 19.3. The average molecular weight is 467 g/mol. The van der Waals surface area contributed by atoms with Gasteiger partial charge in [0.15, 0.2) is 5.65 Å². The molecule has 0 aliphatic rings. The van der Waals surface area contributed by atoms with Crippen LogP contribution in [0.5, 0.6) is 5.75 Å². The van der Waals surface area contributed by atoms with Crippen molar-refractivity contribution in [3.8, 4) is 28.3 Å². The summed E-state index contributed by atoms with van der Waals surface area (Å²) in [5.41, 5.74) is 5.64. The Bertz CT molecular complexity index is 1510. The number of aromatic amines is 1. The number of rotatable bonds is 6. The lowest BCUT2D eigenvalue weighted by Crippen LogP contribution is -2.23. The summed E-state index contributed by atoms with van der Waals surface area (Å²) in [6.07, 6.45) is 0. The summed E-state index contributed by atoms with van der Waals surface area (Å²) >= 11 is 0. The van der Waals surface area contributed by atoms with E-state index in [0.29, 0.717) is 39.3 Å². The van der Waals surface area contributed by atoms with Gasteiger partial charge >= 0.3 is 0 Å². The molecule has 0 fully saturated rings. The monoisotopic (exact) mass is 466 g/mol. The molecule has 2 aromatic heterocycles. The maximum atomic E-state index is 13.5. The van der Waals surface area contributed by atoms with Crippen molar-refractivity contribution in [1.82, 2.24) is 20.5 Å². The molecule has 2 N–H and O–H groups in total. The van der Waals surface area contributed by atoms with Crippen molar-refractivity contribution in [3.05, 3.63) is 101 Å². The third-order valence-electron chi connectivity index (χ3n) is 5.88. The minimum Gasteiger partial charge on any atom is -0.496 e. The number of pyridine rings is 1. The lowest BCUT2D eigenvalue weighted by atomic mass is 10.0. The number of hydrogen-bond donors (Lipinski definition) is 2. The normalized spacial score (nSPS) is 10.9. The number of H-pyrrole nitrogens is 1. The summed E-state index contributed by atoms with van der Waals surface area (Å²) in [6.45, 7) is 2.30. The Morgan fingerprint density at radius 3 is 2.46 bits per heavy atom. The number of fused-ring (bicyclic) bond motifs is 1. The number of hydrogen-bond acceptors (Lipinski definition) is 4. The molecule has 0 radical (unpaired) electrons. The summed E-state index contributed by atoms with van der Waals surface area (Å²) in [4.78, 5) is 18.2. The van der Waals surface area contributed by atoms with Crippen molar-refractivity contribution in [3.63, 3.8) is 0 Å². The van der Waals surface area contributed by atoms with Crippen LogP contribution in [0.1, 0.15) is 21.5 Å². The van der Waals surface area contributed by atoms with Gasteiger partial charge < -0.3 is 10.1 Å². The predicted octanol–water partition coefficient (Wildman–Crippen LogP) is 5.68. The fraction of sp³-hybridized carbons (Fsp3) is 0.107. The van der Waals surface area contributed by atoms with E-state index >= 15 is 0 Å². The predicted molar refractivity (Wildman–Crippen MR) is 134 cm³/mol. The quantitative estimate of drug-likeness (QED) is 0.338. The number of amides is 1. The molecule has 0 bridgehead atoms. The second kappa shape index (κ2) is 9.38. The van der Waals surface area contributed by atoms with Crippen molar-refractivity contribution in [2.24, 2.45) is 0 Å². The van der Waals surface area contributed by atoms with Crippen LogP contribution in [0.4, 0.5) is 4.39 Å². The molecule has 0 atom stereocenters. The Balaban J connectivity index is 1.60. The number of nitrogens with one attached hydrogen (secondary N) is 2. The Hall–Kier alpha value is -4.52. The maximum Gasteiger partial charge on any atom is 0.252 e. The smallest absolute Gasteiger partial charge is 0.252 e. The van der Waals surface area contributed by atoms with Crippen molar-refractivity contribution in [2.45, 2.75) is 13.5 Å². The molecule has 0 unspecified atom stereocenters. The molecule has 2 heterocycles. The molecule has 0 saturated carbocycles. The first-order valence-corrected chi connectivity index (χ1v) is 11.2. The first-order chi connectivity index (χ1) is 17.0. The molecule has 35 heavy (non-hydrogen) atoms. The average Bonchev–Trinajstić information content (AvgIpc) is 3.32. The molecular formula is C28H23FN4O2. The molecule has 174 valence electrons. The Morgan fingerprint density at radius 2 is 1.71 bits per heavy atom. The number of halogens is 1. The summed E-state index contributed by atoms with van der Waals surface area (Å²) in [5, 5.41) is 10.9. The Labute approximate surface area is 201 Å². The second-order valence-electron chi connectivity index (χ2n) is 8.22. The van der Waals surface area contributed by atoms with Crippen LogP contribution in [0.25, 0.3) is 33.5 Å². The van der Waals surface area contributed by atoms with E-state index in [-0.39, 0.29) is 18.3 Å². The summed E-state index contributed by atoms with van der Waals surface area (Å²) in [6, 6.07) is 23.3. The third kappa shape index (κ3) is 4.48. The van der Waals surface area contributed by atoms with Crippen LogP contribution in [0.2, 0.25) is 0 Å². The summed E-state index contributed by atoms with van der Waals surface area (Å²) in [5.74, 6) is 0.0805. The highest BCUT2D eigenvalue weighted by Crippen LogP contribution is 2.32. The largest absolute Gasteiger partial charge is 0.496 e. The third-order valence-corrected chi connectivity index (χ3v) is 5.88. The van der Waals surface area contributed by atoms with Crippen LogP contribution in [0.3, 0.4) is 0 Å². The van der Waals surface area contributed by atoms with Crippen LogP contribution in [0, 0.1) is 12.7 Å². The number of carbonyl (C=O) groups excluding carboxylic acids is 1. The van der Waals surface area contributed by atoms with Gasteiger partial charge in [-0.25, -0.2) is 9.37 Å². The van der Waals surface area contributed by atoms with Crippen molar-refractivity contribution in [1.29, 1.82) is 0 Å². The Kier molecular flexibility index (Phi) is 5.97. The van der Waals surface area contributed by atoms with E-state index in [4.69, 9.17) is 9.72 Å². The fourth-order valence-electron chi connectivity index (χ4n) is 4.02. The SMILES string of the molecule is COc1ccccc1CNC(=O)c1cc(-c2ccc(C)cc2)nc2n[nH]c(-c3ccc(F)cc3)c12. The first kappa shape index (κ1) is 22.3. The second-order valence-corrected chi connectivity index (χ2v) is 8.22. The van der Waals surface area contributed by atoms with E-state index in [0.717, 1.165) is 16.7 Å². The number of methoxy groups -OCH3 is 1. The van der Waals surface area contributed by atoms with E-state index < -0.39 is 0 Å². The molecule has 7 heteroatoms. The lowest BCUT2D eigenvalue weighted by molar-refractivity contribution is 0.0952. The number of aryl methyl sites for hydroxylation is 1. The van der Waals surface area contributed by atoms with Crippen molar-refractivity contribution < 1.29 is 13.9 Å². The van der Waals surface area contributed by atoms with Crippen LogP contribution in [0.15, 0.2) is 78.9 Å². The summed E-state index contributed by atoms with van der Waals surface area (Å²) in [7, 11) is 1.60. The van der Waals surface area contributed by atoms with E-state index in [1.165, 1.54) is 12.1 Å². The van der Waals surface area contributed by atoms with Gasteiger partial charge in [-0.1, -0.05) is 48.0 Å². The van der Waals surface area contributed by atoms with Crippen LogP contribution in [-0.2, 0) is 6.54 Å². The van der Waals surface area contributed by atoms with Gasteiger partial charge in [0, 0.05) is 23.2 Å². The molecular weight excluding hydrogens is 443 g/mol. The highest BCUT2D eigenvalue weighted by Gasteiger charge is 2.20. The van der Waals surface area contributed by atoms with E-state index in [1.807, 2.05) is 55.5 Å². The topological polar surface area (TPSA) is 79.9 Å². The number of carbonyl (C=O) groups is 1. The molecule has 5 rings (SSSR count). The van der Waals surface area contributed by atoms with Gasteiger partial charge in [0.25, 0.3) is 5.91 Å². The number of nitrogens with zero attached hydrogens (tertiary/aromatic N) is 2. The highest BCUT2D eigenvalue weighted by molar-refractivity contribution is 6.11. The molecule has 5 aromatic rings. The number of para-hydroxylation sites is 1. The molecule has 0 aliphatic carbocycles. The molecule has 0 aliphatic heterocycles. The maximum absolute atomic E-state index is 13.5. The fourth-order valence-corrected chi connectivity index (χ4v) is 4.02. The van der Waals surface area contributed by atoms with Gasteiger partial charge in [-0.05, 0) is 43.3 Å². The van der Waals surface area contributed by atoms with Gasteiger partial charge in [-0.3, -0.25) is 9.89 Å².